The van der Waals surface area contributed by atoms with E-state index >= 15 is 0 Å². The van der Waals surface area contributed by atoms with E-state index in [1.807, 2.05) is 28.9 Å². The normalized spacial score (nSPS) is 22.2. The molecule has 6 nitrogen and oxygen atoms in total. The predicted octanol–water partition coefficient (Wildman–Crippen LogP) is 0.327. The fourth-order valence-electron chi connectivity index (χ4n) is 2.46. The number of amides is 1. The van der Waals surface area contributed by atoms with Gasteiger partial charge in [0.15, 0.2) is 0 Å². The second-order valence-corrected chi connectivity index (χ2v) is 5.00. The van der Waals surface area contributed by atoms with Crippen molar-refractivity contribution in [2.45, 2.75) is 25.1 Å². The molecule has 2 aromatic rings. The van der Waals surface area contributed by atoms with Crippen LogP contribution in [0.1, 0.15) is 12.0 Å². The minimum Gasteiger partial charge on any atom is -0.380 e. The van der Waals surface area contributed by atoms with Gasteiger partial charge in [-0.2, -0.15) is 0 Å². The van der Waals surface area contributed by atoms with Crippen molar-refractivity contribution in [2.24, 2.45) is 0 Å². The first-order valence-electron chi connectivity index (χ1n) is 6.72. The summed E-state index contributed by atoms with van der Waals surface area (Å²) >= 11 is 0. The van der Waals surface area contributed by atoms with Gasteiger partial charge in [-0.15, -0.1) is 0 Å². The molecule has 0 saturated carbocycles. The minimum atomic E-state index is -0.157. The van der Waals surface area contributed by atoms with Gasteiger partial charge >= 0.3 is 0 Å². The van der Waals surface area contributed by atoms with Crippen LogP contribution in [0.4, 0.5) is 0 Å². The molecule has 2 atom stereocenters. The standard InChI is InChI=1S/C14H18N4O2/c1-20-11-7-12(16-9-11)14(19)17-8-10-2-4-18-5-3-15-13(18)6-10/h2-6,11-12,16H,7-9H2,1H3,(H,17,19)/t11-,12-/m0/s1. The zero-order valence-electron chi connectivity index (χ0n) is 11.4. The highest BCUT2D eigenvalue weighted by molar-refractivity contribution is 5.82. The van der Waals surface area contributed by atoms with Crippen LogP contribution < -0.4 is 10.6 Å². The lowest BCUT2D eigenvalue weighted by Gasteiger charge is -2.11. The third-order valence-corrected chi connectivity index (χ3v) is 3.67. The molecule has 1 aliphatic rings. The lowest BCUT2D eigenvalue weighted by Crippen LogP contribution is -2.40. The summed E-state index contributed by atoms with van der Waals surface area (Å²) in [6.07, 6.45) is 6.45. The van der Waals surface area contributed by atoms with Crippen LogP contribution in [-0.2, 0) is 16.1 Å². The second-order valence-electron chi connectivity index (χ2n) is 5.00. The molecule has 0 spiro atoms. The number of carbonyl (C=O) groups is 1. The van der Waals surface area contributed by atoms with E-state index < -0.39 is 0 Å². The number of methoxy groups -OCH3 is 1. The van der Waals surface area contributed by atoms with E-state index in [0.717, 1.165) is 24.2 Å². The number of nitrogens with zero attached hydrogens (tertiary/aromatic N) is 2. The van der Waals surface area contributed by atoms with Crippen LogP contribution in [-0.4, -0.2) is 41.1 Å². The van der Waals surface area contributed by atoms with Crippen molar-refractivity contribution < 1.29 is 9.53 Å². The molecule has 0 unspecified atom stereocenters. The Kier molecular flexibility index (Phi) is 3.66. The zero-order valence-corrected chi connectivity index (χ0v) is 11.4. The van der Waals surface area contributed by atoms with Gasteiger partial charge in [0.05, 0.1) is 12.1 Å². The largest absolute Gasteiger partial charge is 0.380 e. The van der Waals surface area contributed by atoms with E-state index in [0.29, 0.717) is 6.54 Å². The molecule has 2 N–H and O–H groups in total. The van der Waals surface area contributed by atoms with Crippen molar-refractivity contribution in [3.8, 4) is 0 Å². The maximum absolute atomic E-state index is 12.0. The fraction of sp³-hybridized carbons (Fsp3) is 0.429. The van der Waals surface area contributed by atoms with Crippen LogP contribution in [0.5, 0.6) is 0 Å². The van der Waals surface area contributed by atoms with Gasteiger partial charge in [0.25, 0.3) is 0 Å². The average Bonchev–Trinajstić information content (AvgIpc) is 3.12. The van der Waals surface area contributed by atoms with Gasteiger partial charge in [0.2, 0.25) is 5.91 Å². The van der Waals surface area contributed by atoms with Crippen molar-refractivity contribution in [2.75, 3.05) is 13.7 Å². The summed E-state index contributed by atoms with van der Waals surface area (Å²) in [6.45, 7) is 1.24. The Hall–Kier alpha value is -1.92. The Balaban J connectivity index is 1.57. The Morgan fingerprint density at radius 1 is 1.60 bits per heavy atom. The van der Waals surface area contributed by atoms with Gasteiger partial charge in [-0.1, -0.05) is 0 Å². The van der Waals surface area contributed by atoms with E-state index in [2.05, 4.69) is 15.6 Å². The molecule has 106 valence electrons. The van der Waals surface area contributed by atoms with Crippen LogP contribution >= 0.6 is 0 Å². The summed E-state index contributed by atoms with van der Waals surface area (Å²) in [5, 5.41) is 6.11. The number of hydrogen-bond acceptors (Lipinski definition) is 4. The lowest BCUT2D eigenvalue weighted by atomic mass is 10.2. The van der Waals surface area contributed by atoms with Crippen LogP contribution in [0.2, 0.25) is 0 Å². The number of aromatic nitrogens is 2. The molecule has 1 aliphatic heterocycles. The number of pyridine rings is 1. The minimum absolute atomic E-state index is 0.0211. The topological polar surface area (TPSA) is 67.7 Å². The van der Waals surface area contributed by atoms with E-state index in [1.54, 1.807) is 13.3 Å². The molecule has 3 rings (SSSR count). The van der Waals surface area contributed by atoms with Crippen molar-refractivity contribution in [1.29, 1.82) is 0 Å². The Morgan fingerprint density at radius 2 is 2.50 bits per heavy atom. The molecular weight excluding hydrogens is 256 g/mol. The average molecular weight is 274 g/mol. The van der Waals surface area contributed by atoms with E-state index in [1.165, 1.54) is 0 Å². The third-order valence-electron chi connectivity index (χ3n) is 3.67. The molecule has 2 aromatic heterocycles. The van der Waals surface area contributed by atoms with Gasteiger partial charge < -0.3 is 19.8 Å². The third kappa shape index (κ3) is 2.66. The van der Waals surface area contributed by atoms with Crippen molar-refractivity contribution >= 4 is 11.6 Å². The van der Waals surface area contributed by atoms with E-state index in [9.17, 15) is 4.79 Å². The maximum Gasteiger partial charge on any atom is 0.237 e. The summed E-state index contributed by atoms with van der Waals surface area (Å²) < 4.78 is 7.18. The lowest BCUT2D eigenvalue weighted by molar-refractivity contribution is -0.123. The predicted molar refractivity (Wildman–Crippen MR) is 74.2 cm³/mol. The number of carbonyl (C=O) groups excluding carboxylic acids is 1. The summed E-state index contributed by atoms with van der Waals surface area (Å²) in [4.78, 5) is 16.3. The van der Waals surface area contributed by atoms with Gasteiger partial charge in [0, 0.05) is 38.8 Å². The summed E-state index contributed by atoms with van der Waals surface area (Å²) in [6, 6.07) is 3.80. The van der Waals surface area contributed by atoms with Crippen molar-refractivity contribution in [3.05, 3.63) is 36.3 Å². The SMILES string of the molecule is CO[C@@H]1CN[C@H](C(=O)NCc2ccn3ccnc3c2)C1. The van der Waals surface area contributed by atoms with E-state index in [-0.39, 0.29) is 18.1 Å². The van der Waals surface area contributed by atoms with Crippen molar-refractivity contribution in [3.63, 3.8) is 0 Å². The number of rotatable bonds is 4. The Labute approximate surface area is 117 Å². The smallest absolute Gasteiger partial charge is 0.237 e. The Morgan fingerprint density at radius 3 is 3.30 bits per heavy atom. The quantitative estimate of drug-likeness (QED) is 0.843. The highest BCUT2D eigenvalue weighted by atomic mass is 16.5. The summed E-state index contributed by atoms with van der Waals surface area (Å²) in [5.41, 5.74) is 1.92. The number of imidazole rings is 1. The number of ether oxygens (including phenoxy) is 1. The number of nitrogens with one attached hydrogen (secondary N) is 2. The van der Waals surface area contributed by atoms with Crippen LogP contribution in [0, 0.1) is 0 Å². The second kappa shape index (κ2) is 5.60. The zero-order chi connectivity index (χ0) is 13.9. The molecule has 1 saturated heterocycles. The van der Waals surface area contributed by atoms with Crippen LogP contribution in [0.15, 0.2) is 30.7 Å². The Bertz CT molecular complexity index is 610. The number of hydrogen-bond donors (Lipinski definition) is 2. The molecule has 0 aromatic carbocycles. The highest BCUT2D eigenvalue weighted by Crippen LogP contribution is 2.10. The van der Waals surface area contributed by atoms with Gasteiger partial charge in [-0.05, 0) is 24.1 Å². The molecule has 0 radical (unpaired) electrons. The van der Waals surface area contributed by atoms with Gasteiger partial charge in [-0.25, -0.2) is 4.98 Å². The van der Waals surface area contributed by atoms with Gasteiger partial charge in [0.1, 0.15) is 5.65 Å². The van der Waals surface area contributed by atoms with E-state index in [4.69, 9.17) is 4.74 Å². The molecule has 3 heterocycles. The summed E-state index contributed by atoms with van der Waals surface area (Å²) in [5.74, 6) is 0.0211. The van der Waals surface area contributed by atoms with Crippen LogP contribution in [0.25, 0.3) is 5.65 Å². The molecular formula is C14H18N4O2. The first kappa shape index (κ1) is 13.1. The van der Waals surface area contributed by atoms with Crippen molar-refractivity contribution in [1.82, 2.24) is 20.0 Å². The molecule has 20 heavy (non-hydrogen) atoms. The monoisotopic (exact) mass is 274 g/mol. The summed E-state index contributed by atoms with van der Waals surface area (Å²) in [7, 11) is 1.67. The van der Waals surface area contributed by atoms with Crippen LogP contribution in [0.3, 0.4) is 0 Å². The molecule has 0 bridgehead atoms. The fourth-order valence-corrected chi connectivity index (χ4v) is 2.46. The first-order valence-corrected chi connectivity index (χ1v) is 6.72. The molecule has 1 amide bonds. The molecule has 0 aliphatic carbocycles. The first-order chi connectivity index (χ1) is 9.76. The van der Waals surface area contributed by atoms with Gasteiger partial charge in [-0.3, -0.25) is 4.79 Å². The number of fused-ring (bicyclic) bond motifs is 1. The highest BCUT2D eigenvalue weighted by Gasteiger charge is 2.28. The molecule has 1 fully saturated rings. The maximum atomic E-state index is 12.0. The molecule has 6 heteroatoms.